The van der Waals surface area contributed by atoms with E-state index in [4.69, 9.17) is 4.74 Å². The Morgan fingerprint density at radius 3 is 2.87 bits per heavy atom. The highest BCUT2D eigenvalue weighted by molar-refractivity contribution is 6.17. The van der Waals surface area contributed by atoms with Crippen LogP contribution < -0.4 is 0 Å². The summed E-state index contributed by atoms with van der Waals surface area (Å²) in [7, 11) is 0. The first-order valence-corrected chi connectivity index (χ1v) is 8.31. The molecule has 2 aromatic carbocycles. The summed E-state index contributed by atoms with van der Waals surface area (Å²) in [5, 5.41) is 3.75. The molecule has 1 aliphatic rings. The minimum Gasteiger partial charge on any atom is -0.374 e. The number of H-pyrrole nitrogens is 1. The first-order chi connectivity index (χ1) is 11.4. The molecule has 4 aromatic rings. The van der Waals surface area contributed by atoms with E-state index in [2.05, 4.69) is 52.4 Å². The van der Waals surface area contributed by atoms with Gasteiger partial charge in [-0.2, -0.15) is 0 Å². The minimum absolute atomic E-state index is 0.186. The SMILES string of the molecule is c1ccc2c(c1)[nH]c1c2ccc2nccc(C3CCCCO3)c21. The van der Waals surface area contributed by atoms with Crippen LogP contribution in [0, 0.1) is 0 Å². The van der Waals surface area contributed by atoms with Gasteiger partial charge in [0.1, 0.15) is 0 Å². The average Bonchev–Trinajstić information content (AvgIpc) is 3.01. The smallest absolute Gasteiger partial charge is 0.0832 e. The van der Waals surface area contributed by atoms with E-state index in [9.17, 15) is 0 Å². The van der Waals surface area contributed by atoms with Crippen LogP contribution in [0.15, 0.2) is 48.7 Å². The monoisotopic (exact) mass is 302 g/mol. The third kappa shape index (κ3) is 1.97. The summed E-state index contributed by atoms with van der Waals surface area (Å²) in [6.45, 7) is 0.858. The highest BCUT2D eigenvalue weighted by Crippen LogP contribution is 2.37. The van der Waals surface area contributed by atoms with Gasteiger partial charge >= 0.3 is 0 Å². The van der Waals surface area contributed by atoms with Crippen molar-refractivity contribution in [2.75, 3.05) is 6.61 Å². The highest BCUT2D eigenvalue weighted by Gasteiger charge is 2.20. The van der Waals surface area contributed by atoms with E-state index in [0.717, 1.165) is 18.5 Å². The number of para-hydroxylation sites is 1. The average molecular weight is 302 g/mol. The second kappa shape index (κ2) is 5.07. The van der Waals surface area contributed by atoms with Crippen LogP contribution in [0.25, 0.3) is 32.7 Å². The molecule has 0 radical (unpaired) electrons. The fourth-order valence-corrected chi connectivity index (χ4v) is 3.84. The summed E-state index contributed by atoms with van der Waals surface area (Å²) in [6, 6.07) is 14.9. The minimum atomic E-state index is 0.186. The molecule has 3 nitrogen and oxygen atoms in total. The lowest BCUT2D eigenvalue weighted by atomic mass is 9.96. The Balaban J connectivity index is 1.87. The van der Waals surface area contributed by atoms with Crippen molar-refractivity contribution >= 4 is 32.7 Å². The molecular formula is C20H18N2O. The van der Waals surface area contributed by atoms with Crippen LogP contribution in [0.2, 0.25) is 0 Å². The van der Waals surface area contributed by atoms with Gasteiger partial charge in [-0.3, -0.25) is 4.98 Å². The van der Waals surface area contributed by atoms with Gasteiger partial charge in [-0.05, 0) is 43.0 Å². The maximum Gasteiger partial charge on any atom is 0.0832 e. The molecule has 5 rings (SSSR count). The number of rotatable bonds is 1. The van der Waals surface area contributed by atoms with Gasteiger partial charge in [-0.25, -0.2) is 0 Å². The van der Waals surface area contributed by atoms with E-state index in [1.54, 1.807) is 0 Å². The molecule has 114 valence electrons. The first kappa shape index (κ1) is 13.1. The van der Waals surface area contributed by atoms with Crippen molar-refractivity contribution in [2.45, 2.75) is 25.4 Å². The Labute approximate surface area is 134 Å². The van der Waals surface area contributed by atoms with Crippen molar-refractivity contribution in [1.82, 2.24) is 9.97 Å². The molecule has 3 heterocycles. The standard InChI is InChI=1S/C20H18N2O/c1-2-6-16-13(5-1)14-8-9-17-19(20(14)22-16)15(10-11-21-17)18-7-3-4-12-23-18/h1-2,5-6,8-11,18,22H,3-4,7,12H2. The summed E-state index contributed by atoms with van der Waals surface area (Å²) >= 11 is 0. The number of hydrogen-bond donors (Lipinski definition) is 1. The molecule has 0 aliphatic carbocycles. The number of hydrogen-bond acceptors (Lipinski definition) is 2. The Bertz CT molecular complexity index is 1010. The molecule has 23 heavy (non-hydrogen) atoms. The van der Waals surface area contributed by atoms with Gasteiger partial charge in [-0.15, -0.1) is 0 Å². The molecule has 3 heteroatoms. The molecule has 2 aromatic heterocycles. The van der Waals surface area contributed by atoms with Crippen LogP contribution in [-0.4, -0.2) is 16.6 Å². The lowest BCUT2D eigenvalue weighted by molar-refractivity contribution is 0.0158. The van der Waals surface area contributed by atoms with Crippen molar-refractivity contribution in [3.8, 4) is 0 Å². The Morgan fingerprint density at radius 2 is 1.96 bits per heavy atom. The number of ether oxygens (including phenoxy) is 1. The van der Waals surface area contributed by atoms with Crippen molar-refractivity contribution < 1.29 is 4.74 Å². The predicted molar refractivity (Wildman–Crippen MR) is 93.6 cm³/mol. The predicted octanol–water partition coefficient (Wildman–Crippen LogP) is 5.11. The summed E-state index contributed by atoms with van der Waals surface area (Å²) < 4.78 is 6.05. The normalized spacial score (nSPS) is 18.9. The van der Waals surface area contributed by atoms with E-state index in [0.29, 0.717) is 0 Å². The van der Waals surface area contributed by atoms with E-state index < -0.39 is 0 Å². The van der Waals surface area contributed by atoms with E-state index in [1.165, 1.54) is 45.6 Å². The fourth-order valence-electron chi connectivity index (χ4n) is 3.84. The zero-order chi connectivity index (χ0) is 15.2. The van der Waals surface area contributed by atoms with E-state index >= 15 is 0 Å². The third-order valence-electron chi connectivity index (χ3n) is 4.94. The molecule has 0 bridgehead atoms. The van der Waals surface area contributed by atoms with Crippen molar-refractivity contribution in [3.05, 3.63) is 54.2 Å². The molecular weight excluding hydrogens is 284 g/mol. The zero-order valence-corrected chi connectivity index (χ0v) is 12.9. The number of benzene rings is 2. The number of aromatic nitrogens is 2. The van der Waals surface area contributed by atoms with Crippen LogP contribution in [0.3, 0.4) is 0 Å². The summed E-state index contributed by atoms with van der Waals surface area (Å²) in [5.41, 5.74) is 4.66. The topological polar surface area (TPSA) is 37.9 Å². The van der Waals surface area contributed by atoms with E-state index in [-0.39, 0.29) is 6.10 Å². The van der Waals surface area contributed by atoms with Crippen LogP contribution in [0.5, 0.6) is 0 Å². The van der Waals surface area contributed by atoms with Gasteiger partial charge < -0.3 is 9.72 Å². The third-order valence-corrected chi connectivity index (χ3v) is 4.94. The Morgan fingerprint density at radius 1 is 1.00 bits per heavy atom. The van der Waals surface area contributed by atoms with Crippen molar-refractivity contribution in [3.63, 3.8) is 0 Å². The van der Waals surface area contributed by atoms with Gasteiger partial charge in [0.2, 0.25) is 0 Å². The molecule has 1 aliphatic heterocycles. The largest absolute Gasteiger partial charge is 0.374 e. The summed E-state index contributed by atoms with van der Waals surface area (Å²) in [6.07, 6.45) is 5.59. The highest BCUT2D eigenvalue weighted by atomic mass is 16.5. The number of nitrogens with one attached hydrogen (secondary N) is 1. The van der Waals surface area contributed by atoms with Crippen LogP contribution in [0.4, 0.5) is 0 Å². The van der Waals surface area contributed by atoms with Gasteiger partial charge in [0.05, 0.1) is 17.1 Å². The second-order valence-corrected chi connectivity index (χ2v) is 6.31. The second-order valence-electron chi connectivity index (χ2n) is 6.31. The number of fused-ring (bicyclic) bond motifs is 5. The molecule has 1 N–H and O–H groups in total. The van der Waals surface area contributed by atoms with Crippen LogP contribution >= 0.6 is 0 Å². The van der Waals surface area contributed by atoms with E-state index in [1.807, 2.05) is 6.20 Å². The maximum absolute atomic E-state index is 6.05. The van der Waals surface area contributed by atoms with Gasteiger partial charge in [0, 0.05) is 34.5 Å². The Kier molecular flexibility index (Phi) is 2.88. The maximum atomic E-state index is 6.05. The molecule has 1 atom stereocenters. The lowest BCUT2D eigenvalue weighted by Gasteiger charge is -2.24. The molecule has 1 fully saturated rings. The Hall–Kier alpha value is -2.39. The number of aromatic amines is 1. The lowest BCUT2D eigenvalue weighted by Crippen LogP contribution is -2.12. The first-order valence-electron chi connectivity index (χ1n) is 8.31. The molecule has 0 spiro atoms. The van der Waals surface area contributed by atoms with Gasteiger partial charge in [-0.1, -0.05) is 24.3 Å². The van der Waals surface area contributed by atoms with Crippen molar-refractivity contribution in [1.29, 1.82) is 0 Å². The number of nitrogens with zero attached hydrogens (tertiary/aromatic N) is 1. The molecule has 1 unspecified atom stereocenters. The summed E-state index contributed by atoms with van der Waals surface area (Å²) in [4.78, 5) is 8.19. The number of pyridine rings is 1. The van der Waals surface area contributed by atoms with Gasteiger partial charge in [0.25, 0.3) is 0 Å². The van der Waals surface area contributed by atoms with Crippen LogP contribution in [-0.2, 0) is 4.74 Å². The van der Waals surface area contributed by atoms with Crippen molar-refractivity contribution in [2.24, 2.45) is 0 Å². The molecule has 0 amide bonds. The molecule has 0 saturated carbocycles. The van der Waals surface area contributed by atoms with Gasteiger partial charge in [0.15, 0.2) is 0 Å². The fraction of sp³-hybridized carbons (Fsp3) is 0.250. The summed E-state index contributed by atoms with van der Waals surface area (Å²) in [5.74, 6) is 0. The zero-order valence-electron chi connectivity index (χ0n) is 12.9. The quantitative estimate of drug-likeness (QED) is 0.530. The van der Waals surface area contributed by atoms with Crippen LogP contribution in [0.1, 0.15) is 30.9 Å². The molecule has 1 saturated heterocycles.